The predicted octanol–water partition coefficient (Wildman–Crippen LogP) is 0.196. The molecule has 0 radical (unpaired) electrons. The minimum Gasteiger partial charge on any atom is -0.371 e. The van der Waals surface area contributed by atoms with Gasteiger partial charge in [0.05, 0.1) is 0 Å². The number of aromatic amines is 2. The first kappa shape index (κ1) is 8.00. The molecule has 1 heterocycles. The number of nitrogens with one attached hydrogen (secondary N) is 2. The Kier molecular flexibility index (Phi) is 2.43. The van der Waals surface area contributed by atoms with Crippen molar-refractivity contribution in [3.8, 4) is 0 Å². The lowest BCUT2D eigenvalue weighted by molar-refractivity contribution is 0.0703. The van der Waals surface area contributed by atoms with Crippen molar-refractivity contribution in [2.75, 3.05) is 6.61 Å². The summed E-state index contributed by atoms with van der Waals surface area (Å²) >= 11 is 0. The number of hydrogen-bond acceptors (Lipinski definition) is 3. The molecule has 2 N–H and O–H groups in total. The third-order valence-electron chi connectivity index (χ3n) is 1.32. The van der Waals surface area contributed by atoms with Crippen molar-refractivity contribution in [3.63, 3.8) is 0 Å². The number of hydrogen-bond donors (Lipinski definition) is 2. The standard InChI is InChI=1S/C6H11N3O2/c1-3-11-4(2)5-7-6(10)9-8-5/h4H,3H2,1-2H3,(H2,7,8,9,10). The molecule has 0 saturated heterocycles. The average molecular weight is 157 g/mol. The van der Waals surface area contributed by atoms with Gasteiger partial charge in [0.2, 0.25) is 0 Å². The van der Waals surface area contributed by atoms with Crippen molar-refractivity contribution in [1.29, 1.82) is 0 Å². The molecule has 1 unspecified atom stereocenters. The van der Waals surface area contributed by atoms with Crippen LogP contribution in [0.25, 0.3) is 0 Å². The SMILES string of the molecule is CCOC(C)c1n[nH]c(=O)[nH]1. The topological polar surface area (TPSA) is 70.8 Å². The van der Waals surface area contributed by atoms with E-state index in [1.165, 1.54) is 0 Å². The van der Waals surface area contributed by atoms with E-state index in [0.717, 1.165) is 0 Å². The molecule has 0 fully saturated rings. The maximum atomic E-state index is 10.6. The van der Waals surface area contributed by atoms with E-state index in [2.05, 4.69) is 15.2 Å². The lowest BCUT2D eigenvalue weighted by Gasteiger charge is -2.05. The molecular formula is C6H11N3O2. The van der Waals surface area contributed by atoms with Crippen LogP contribution in [0.2, 0.25) is 0 Å². The molecule has 0 saturated carbocycles. The van der Waals surface area contributed by atoms with Gasteiger partial charge in [-0.3, -0.25) is 4.98 Å². The molecule has 11 heavy (non-hydrogen) atoms. The molecule has 1 aromatic rings. The highest BCUT2D eigenvalue weighted by Gasteiger charge is 2.07. The van der Waals surface area contributed by atoms with Crippen LogP contribution in [-0.2, 0) is 4.74 Å². The van der Waals surface area contributed by atoms with Crippen LogP contribution >= 0.6 is 0 Å². The first-order valence-corrected chi connectivity index (χ1v) is 3.50. The fourth-order valence-electron chi connectivity index (χ4n) is 0.805. The Balaban J connectivity index is 2.68. The van der Waals surface area contributed by atoms with Gasteiger partial charge in [0, 0.05) is 6.61 Å². The highest BCUT2D eigenvalue weighted by atomic mass is 16.5. The Morgan fingerprint density at radius 2 is 2.45 bits per heavy atom. The van der Waals surface area contributed by atoms with Crippen molar-refractivity contribution in [2.45, 2.75) is 20.0 Å². The lowest BCUT2D eigenvalue weighted by Crippen LogP contribution is -2.04. The van der Waals surface area contributed by atoms with Gasteiger partial charge in [-0.1, -0.05) is 0 Å². The number of H-pyrrole nitrogens is 2. The summed E-state index contributed by atoms with van der Waals surface area (Å²) < 4.78 is 5.19. The molecule has 5 nitrogen and oxygen atoms in total. The van der Waals surface area contributed by atoms with Gasteiger partial charge in [-0.05, 0) is 13.8 Å². The zero-order valence-corrected chi connectivity index (χ0v) is 6.55. The first-order chi connectivity index (χ1) is 5.24. The van der Waals surface area contributed by atoms with Crippen LogP contribution in [0, 0.1) is 0 Å². The van der Waals surface area contributed by atoms with E-state index in [1.807, 2.05) is 13.8 Å². The molecule has 1 rings (SSSR count). The summed E-state index contributed by atoms with van der Waals surface area (Å²) in [4.78, 5) is 13.1. The van der Waals surface area contributed by atoms with Gasteiger partial charge in [-0.2, -0.15) is 5.10 Å². The molecule has 0 aromatic carbocycles. The maximum Gasteiger partial charge on any atom is 0.340 e. The largest absolute Gasteiger partial charge is 0.371 e. The Morgan fingerprint density at radius 3 is 2.91 bits per heavy atom. The molecule has 0 bridgehead atoms. The molecule has 5 heteroatoms. The summed E-state index contributed by atoms with van der Waals surface area (Å²) in [6.07, 6.45) is -0.154. The minimum atomic E-state index is -0.299. The van der Waals surface area contributed by atoms with Gasteiger partial charge < -0.3 is 4.74 Å². The van der Waals surface area contributed by atoms with Gasteiger partial charge >= 0.3 is 5.69 Å². The zero-order chi connectivity index (χ0) is 8.27. The van der Waals surface area contributed by atoms with E-state index >= 15 is 0 Å². The molecule has 0 spiro atoms. The van der Waals surface area contributed by atoms with E-state index < -0.39 is 0 Å². The van der Waals surface area contributed by atoms with Crippen LogP contribution in [0.5, 0.6) is 0 Å². The van der Waals surface area contributed by atoms with E-state index in [9.17, 15) is 4.79 Å². The maximum absolute atomic E-state index is 10.6. The quantitative estimate of drug-likeness (QED) is 0.658. The first-order valence-electron chi connectivity index (χ1n) is 3.50. The molecule has 0 aliphatic carbocycles. The minimum absolute atomic E-state index is 0.154. The van der Waals surface area contributed by atoms with E-state index in [4.69, 9.17) is 4.74 Å². The number of aromatic nitrogens is 3. The van der Waals surface area contributed by atoms with Crippen LogP contribution in [0.4, 0.5) is 0 Å². The molecule has 0 aliphatic heterocycles. The Morgan fingerprint density at radius 1 is 1.73 bits per heavy atom. The van der Waals surface area contributed by atoms with Crippen molar-refractivity contribution in [2.24, 2.45) is 0 Å². The van der Waals surface area contributed by atoms with Crippen LogP contribution in [-0.4, -0.2) is 21.8 Å². The Hall–Kier alpha value is -1.10. The van der Waals surface area contributed by atoms with Crippen LogP contribution < -0.4 is 5.69 Å². The summed E-state index contributed by atoms with van der Waals surface area (Å²) in [5, 5.41) is 5.98. The fraction of sp³-hybridized carbons (Fsp3) is 0.667. The third kappa shape index (κ3) is 1.91. The molecule has 1 atom stereocenters. The van der Waals surface area contributed by atoms with Gasteiger partial charge in [0.15, 0.2) is 5.82 Å². The second kappa shape index (κ2) is 3.34. The summed E-state index contributed by atoms with van der Waals surface area (Å²) in [6, 6.07) is 0. The highest BCUT2D eigenvalue weighted by molar-refractivity contribution is 4.84. The summed E-state index contributed by atoms with van der Waals surface area (Å²) in [6.45, 7) is 4.33. The molecule has 1 aromatic heterocycles. The van der Waals surface area contributed by atoms with Crippen LogP contribution in [0.3, 0.4) is 0 Å². The van der Waals surface area contributed by atoms with Gasteiger partial charge in [-0.15, -0.1) is 0 Å². The molecule has 62 valence electrons. The Labute approximate surface area is 63.8 Å². The smallest absolute Gasteiger partial charge is 0.340 e. The monoisotopic (exact) mass is 157 g/mol. The second-order valence-corrected chi connectivity index (χ2v) is 2.16. The second-order valence-electron chi connectivity index (χ2n) is 2.16. The zero-order valence-electron chi connectivity index (χ0n) is 6.55. The van der Waals surface area contributed by atoms with Crippen LogP contribution in [0.1, 0.15) is 25.8 Å². The van der Waals surface area contributed by atoms with E-state index in [-0.39, 0.29) is 11.8 Å². The molecular weight excluding hydrogens is 146 g/mol. The summed E-state index contributed by atoms with van der Waals surface area (Å²) in [7, 11) is 0. The third-order valence-corrected chi connectivity index (χ3v) is 1.32. The average Bonchev–Trinajstić information content (AvgIpc) is 2.36. The van der Waals surface area contributed by atoms with Crippen molar-refractivity contribution < 1.29 is 4.74 Å². The molecule has 0 aliphatic rings. The predicted molar refractivity (Wildman–Crippen MR) is 39.2 cm³/mol. The lowest BCUT2D eigenvalue weighted by atomic mass is 10.4. The van der Waals surface area contributed by atoms with Crippen LogP contribution in [0.15, 0.2) is 4.79 Å². The number of nitrogens with zero attached hydrogens (tertiary/aromatic N) is 1. The summed E-state index contributed by atoms with van der Waals surface area (Å²) in [5.41, 5.74) is -0.299. The summed E-state index contributed by atoms with van der Waals surface area (Å²) in [5.74, 6) is 0.539. The highest BCUT2D eigenvalue weighted by Crippen LogP contribution is 2.07. The molecule has 0 amide bonds. The van der Waals surface area contributed by atoms with E-state index in [0.29, 0.717) is 12.4 Å². The normalized spacial score (nSPS) is 13.3. The van der Waals surface area contributed by atoms with E-state index in [1.54, 1.807) is 0 Å². The number of rotatable bonds is 3. The van der Waals surface area contributed by atoms with Crippen molar-refractivity contribution in [1.82, 2.24) is 15.2 Å². The van der Waals surface area contributed by atoms with Gasteiger partial charge in [0.1, 0.15) is 6.10 Å². The number of ether oxygens (including phenoxy) is 1. The Bertz CT molecular complexity index is 265. The van der Waals surface area contributed by atoms with Crippen molar-refractivity contribution in [3.05, 3.63) is 16.3 Å². The van der Waals surface area contributed by atoms with Crippen molar-refractivity contribution >= 4 is 0 Å². The van der Waals surface area contributed by atoms with Gasteiger partial charge in [0.25, 0.3) is 0 Å². The fourth-order valence-corrected chi connectivity index (χ4v) is 0.805. The van der Waals surface area contributed by atoms with Gasteiger partial charge in [-0.25, -0.2) is 9.89 Å².